The smallest absolute Gasteiger partial charge is 0.153 e. The average Bonchev–Trinajstić information content (AvgIpc) is 2.31. The van der Waals surface area contributed by atoms with Gasteiger partial charge in [0, 0.05) is 18.2 Å². The number of halogens is 3. The van der Waals surface area contributed by atoms with Gasteiger partial charge in [-0.25, -0.2) is 0 Å². The lowest BCUT2D eigenvalue weighted by Crippen LogP contribution is -1.85. The molecule has 94 valence electrons. The highest BCUT2D eigenvalue weighted by molar-refractivity contribution is 6.37. The minimum Gasteiger partial charge on any atom is -0.506 e. The highest BCUT2D eigenvalue weighted by Crippen LogP contribution is 2.38. The lowest BCUT2D eigenvalue weighted by molar-refractivity contribution is 0.459. The van der Waals surface area contributed by atoms with Crippen molar-refractivity contribution in [3.63, 3.8) is 0 Å². The summed E-state index contributed by atoms with van der Waals surface area (Å²) in [7, 11) is 0. The molecule has 2 N–H and O–H groups in total. The fraction of sp³-hybridized carbons (Fsp3) is 0. The van der Waals surface area contributed by atoms with Crippen molar-refractivity contribution in [2.45, 2.75) is 0 Å². The van der Waals surface area contributed by atoms with Crippen LogP contribution in [0.1, 0.15) is 0 Å². The van der Waals surface area contributed by atoms with E-state index in [2.05, 4.69) is 0 Å². The van der Waals surface area contributed by atoms with Crippen molar-refractivity contribution in [2.75, 3.05) is 0 Å². The number of hydrogen-bond donors (Lipinski definition) is 2. The zero-order valence-corrected chi connectivity index (χ0v) is 11.1. The van der Waals surface area contributed by atoms with Gasteiger partial charge in [0.1, 0.15) is 17.2 Å². The predicted molar refractivity (Wildman–Crippen MR) is 71.3 cm³/mol. The van der Waals surface area contributed by atoms with Crippen LogP contribution in [0.3, 0.4) is 0 Å². The fourth-order valence-corrected chi connectivity index (χ4v) is 1.93. The summed E-state index contributed by atoms with van der Waals surface area (Å²) in [5.41, 5.74) is 0. The molecular formula is C12H7Cl3O3. The molecule has 0 fully saturated rings. The van der Waals surface area contributed by atoms with E-state index in [0.717, 1.165) is 0 Å². The van der Waals surface area contributed by atoms with Gasteiger partial charge in [0.2, 0.25) is 0 Å². The first-order chi connectivity index (χ1) is 8.47. The largest absolute Gasteiger partial charge is 0.506 e. The van der Waals surface area contributed by atoms with Crippen LogP contribution >= 0.6 is 34.8 Å². The molecule has 2 rings (SSSR count). The Morgan fingerprint density at radius 1 is 0.778 bits per heavy atom. The SMILES string of the molecule is Oc1ccc(Oc2cc(Cl)c(O)c(Cl)c2)cc1Cl. The molecule has 0 unspecified atom stereocenters. The van der Waals surface area contributed by atoms with E-state index in [1.807, 2.05) is 0 Å². The van der Waals surface area contributed by atoms with E-state index < -0.39 is 0 Å². The quantitative estimate of drug-likeness (QED) is 0.834. The molecule has 0 aromatic heterocycles. The van der Waals surface area contributed by atoms with Gasteiger partial charge in [0.05, 0.1) is 15.1 Å². The molecular weight excluding hydrogens is 298 g/mol. The van der Waals surface area contributed by atoms with Crippen molar-refractivity contribution in [1.29, 1.82) is 0 Å². The summed E-state index contributed by atoms with van der Waals surface area (Å²) >= 11 is 17.3. The van der Waals surface area contributed by atoms with Crippen molar-refractivity contribution in [3.8, 4) is 23.0 Å². The molecule has 0 aliphatic carbocycles. The summed E-state index contributed by atoms with van der Waals surface area (Å²) < 4.78 is 5.46. The van der Waals surface area contributed by atoms with Gasteiger partial charge < -0.3 is 14.9 Å². The maximum absolute atomic E-state index is 9.40. The Balaban J connectivity index is 2.31. The topological polar surface area (TPSA) is 49.7 Å². The zero-order valence-electron chi connectivity index (χ0n) is 8.82. The third-order valence-electron chi connectivity index (χ3n) is 2.15. The number of aromatic hydroxyl groups is 2. The lowest BCUT2D eigenvalue weighted by atomic mass is 10.3. The summed E-state index contributed by atoms with van der Waals surface area (Å²) in [6.45, 7) is 0. The van der Waals surface area contributed by atoms with Gasteiger partial charge in [-0.15, -0.1) is 0 Å². The van der Waals surface area contributed by atoms with E-state index in [9.17, 15) is 10.2 Å². The molecule has 3 nitrogen and oxygen atoms in total. The Morgan fingerprint density at radius 2 is 1.33 bits per heavy atom. The van der Waals surface area contributed by atoms with Gasteiger partial charge in [-0.05, 0) is 12.1 Å². The Bertz CT molecular complexity index is 576. The molecule has 6 heteroatoms. The van der Waals surface area contributed by atoms with Gasteiger partial charge in [0.15, 0.2) is 5.75 Å². The van der Waals surface area contributed by atoms with Crippen LogP contribution in [-0.2, 0) is 0 Å². The summed E-state index contributed by atoms with van der Waals surface area (Å²) in [6.07, 6.45) is 0. The lowest BCUT2D eigenvalue weighted by Gasteiger charge is -2.08. The number of ether oxygens (including phenoxy) is 1. The monoisotopic (exact) mass is 304 g/mol. The van der Waals surface area contributed by atoms with E-state index in [1.54, 1.807) is 0 Å². The number of hydrogen-bond acceptors (Lipinski definition) is 3. The molecule has 0 aliphatic heterocycles. The van der Waals surface area contributed by atoms with E-state index in [4.69, 9.17) is 39.5 Å². The average molecular weight is 306 g/mol. The number of phenols is 2. The first-order valence-corrected chi connectivity index (χ1v) is 5.95. The number of benzene rings is 2. The number of phenolic OH excluding ortho intramolecular Hbond substituents is 2. The van der Waals surface area contributed by atoms with Crippen LogP contribution in [0.5, 0.6) is 23.0 Å². The van der Waals surface area contributed by atoms with Crippen molar-refractivity contribution in [1.82, 2.24) is 0 Å². The Morgan fingerprint density at radius 3 is 1.89 bits per heavy atom. The van der Waals surface area contributed by atoms with Crippen LogP contribution in [-0.4, -0.2) is 10.2 Å². The molecule has 0 bridgehead atoms. The normalized spacial score (nSPS) is 10.4. The Kier molecular flexibility index (Phi) is 3.76. The highest BCUT2D eigenvalue weighted by Gasteiger charge is 2.09. The van der Waals surface area contributed by atoms with Crippen LogP contribution in [0.2, 0.25) is 15.1 Å². The molecule has 2 aromatic carbocycles. The van der Waals surface area contributed by atoms with E-state index in [0.29, 0.717) is 11.5 Å². The molecule has 18 heavy (non-hydrogen) atoms. The van der Waals surface area contributed by atoms with Gasteiger partial charge in [-0.2, -0.15) is 0 Å². The van der Waals surface area contributed by atoms with Crippen LogP contribution < -0.4 is 4.74 Å². The fourth-order valence-electron chi connectivity index (χ4n) is 1.29. The first-order valence-electron chi connectivity index (χ1n) is 4.82. The van der Waals surface area contributed by atoms with Crippen LogP contribution in [0, 0.1) is 0 Å². The molecule has 0 atom stereocenters. The molecule has 0 heterocycles. The second-order valence-corrected chi connectivity index (χ2v) is 4.67. The molecule has 0 saturated heterocycles. The minimum atomic E-state index is -0.200. The van der Waals surface area contributed by atoms with Crippen molar-refractivity contribution in [2.24, 2.45) is 0 Å². The predicted octanol–water partition coefficient (Wildman–Crippen LogP) is 4.85. The van der Waals surface area contributed by atoms with E-state index in [1.165, 1.54) is 30.3 Å². The van der Waals surface area contributed by atoms with Gasteiger partial charge in [0.25, 0.3) is 0 Å². The number of rotatable bonds is 2. The molecule has 0 radical (unpaired) electrons. The van der Waals surface area contributed by atoms with Crippen molar-refractivity contribution < 1.29 is 14.9 Å². The summed E-state index contributed by atoms with van der Waals surface area (Å²) in [5.74, 6) is 0.528. The highest BCUT2D eigenvalue weighted by atomic mass is 35.5. The second-order valence-electron chi connectivity index (χ2n) is 3.45. The van der Waals surface area contributed by atoms with Gasteiger partial charge >= 0.3 is 0 Å². The standard InChI is InChI=1S/C12H7Cl3O3/c13-8-3-6(1-2-11(8)16)18-7-4-9(14)12(17)10(15)5-7/h1-5,16-17H. The maximum atomic E-state index is 9.40. The van der Waals surface area contributed by atoms with Crippen LogP contribution in [0.25, 0.3) is 0 Å². The second kappa shape index (κ2) is 5.14. The molecule has 0 spiro atoms. The zero-order chi connectivity index (χ0) is 13.3. The Hall–Kier alpha value is -1.29. The van der Waals surface area contributed by atoms with Crippen molar-refractivity contribution >= 4 is 34.8 Å². The van der Waals surface area contributed by atoms with Crippen LogP contribution in [0.4, 0.5) is 0 Å². The third kappa shape index (κ3) is 2.75. The molecule has 0 amide bonds. The maximum Gasteiger partial charge on any atom is 0.153 e. The molecule has 0 aliphatic rings. The minimum absolute atomic E-state index is 0.0363. The van der Waals surface area contributed by atoms with Gasteiger partial charge in [-0.3, -0.25) is 0 Å². The van der Waals surface area contributed by atoms with E-state index >= 15 is 0 Å². The summed E-state index contributed by atoms with van der Waals surface area (Å²) in [4.78, 5) is 0. The Labute approximate surface area is 118 Å². The third-order valence-corrected chi connectivity index (χ3v) is 3.02. The van der Waals surface area contributed by atoms with Crippen LogP contribution in [0.15, 0.2) is 30.3 Å². The van der Waals surface area contributed by atoms with Gasteiger partial charge in [-0.1, -0.05) is 34.8 Å². The van der Waals surface area contributed by atoms with Crippen molar-refractivity contribution in [3.05, 3.63) is 45.4 Å². The summed E-state index contributed by atoms with van der Waals surface area (Å²) in [6, 6.07) is 7.23. The molecule has 2 aromatic rings. The van der Waals surface area contributed by atoms with E-state index in [-0.39, 0.29) is 26.6 Å². The molecule has 0 saturated carbocycles. The first kappa shape index (κ1) is 13.1. The summed E-state index contributed by atoms with van der Waals surface area (Å²) in [5, 5.41) is 19.0.